The van der Waals surface area contributed by atoms with E-state index in [1.165, 1.54) is 11.0 Å². The fourth-order valence-electron chi connectivity index (χ4n) is 10.5. The van der Waals surface area contributed by atoms with Gasteiger partial charge in [-0.1, -0.05) is 83.1 Å². The van der Waals surface area contributed by atoms with E-state index in [9.17, 15) is 0 Å². The van der Waals surface area contributed by atoms with E-state index < -0.39 is 16.5 Å². The number of rotatable bonds is 10. The Labute approximate surface area is 360 Å². The second-order valence-electron chi connectivity index (χ2n) is 17.6. The summed E-state index contributed by atoms with van der Waals surface area (Å²) in [7, 11) is -3.51. The van der Waals surface area contributed by atoms with Crippen molar-refractivity contribution >= 4 is 93.9 Å². The molecule has 0 unspecified atom stereocenters. The number of nitrogens with two attached hydrogens (primary N) is 1. The van der Waals surface area contributed by atoms with E-state index in [0.29, 0.717) is 39.1 Å². The Morgan fingerprint density at radius 1 is 0.576 bits per heavy atom. The van der Waals surface area contributed by atoms with Crippen molar-refractivity contribution in [1.82, 2.24) is 38.4 Å². The first-order chi connectivity index (χ1) is 28.0. The number of hydrogen-bond donors (Lipinski definition) is 4. The Morgan fingerprint density at radius 3 is 1.54 bits per heavy atom. The molecule has 0 aliphatic heterocycles. The van der Waals surface area contributed by atoms with Crippen LogP contribution in [0.15, 0.2) is 102 Å². The van der Waals surface area contributed by atoms with Gasteiger partial charge in [0.05, 0.1) is 34.0 Å². The summed E-state index contributed by atoms with van der Waals surface area (Å²) >= 11 is 3.57. The third kappa shape index (κ3) is 8.38. The maximum atomic E-state index is 5.45. The standard InChI is InChI=1S/C23H31N5Si.C16H25BrN2Si.C7H7N3/c1-15(2)29(16(3)4,17(5)6)28-12-10-20-21(28)13-19(14-25-20)26-22-8-7-18-9-11-24-23(18)27-22;1-11(2)20(12(3)4,13(5)6)19-8-7-15-16(19)9-14(17)10-18-15;8-6-2-1-5-3-4-9-7(5)10-6/h7-17H,1-6H3,(H2,24,26,27);7-13H,1-6H3;1-4H,(H3,8,9,10). The van der Waals surface area contributed by atoms with E-state index in [2.05, 4.69) is 180 Å². The van der Waals surface area contributed by atoms with Crippen molar-refractivity contribution in [2.45, 2.75) is 116 Å². The molecule has 0 saturated carbocycles. The number of nitrogens with one attached hydrogen (secondary N) is 3. The number of aromatic amines is 2. The first kappa shape index (κ1) is 43.8. The first-order valence-corrected chi connectivity index (χ1v) is 26.2. The molecular formula is C46H63BrN10Si2. The molecule has 8 heterocycles. The number of anilines is 3. The van der Waals surface area contributed by atoms with Crippen LogP contribution in [-0.2, 0) is 0 Å². The summed E-state index contributed by atoms with van der Waals surface area (Å²) in [5.41, 5.74) is 16.8. The minimum Gasteiger partial charge on any atom is -0.384 e. The van der Waals surface area contributed by atoms with Crippen molar-refractivity contribution < 1.29 is 0 Å². The second-order valence-corrected chi connectivity index (χ2v) is 30.0. The lowest BCUT2D eigenvalue weighted by molar-refractivity contribution is 0.772. The van der Waals surface area contributed by atoms with Crippen LogP contribution in [0.1, 0.15) is 83.1 Å². The molecule has 312 valence electrons. The zero-order valence-corrected chi connectivity index (χ0v) is 40.4. The van der Waals surface area contributed by atoms with Crippen molar-refractivity contribution in [3.05, 3.63) is 102 Å². The number of aromatic nitrogens is 8. The summed E-state index contributed by atoms with van der Waals surface area (Å²) in [5, 5.41) is 5.65. The molecule has 0 radical (unpaired) electrons. The van der Waals surface area contributed by atoms with Crippen LogP contribution in [-0.4, -0.2) is 54.8 Å². The van der Waals surface area contributed by atoms with Gasteiger partial charge in [-0.05, 0) is 122 Å². The average molecular weight is 892 g/mol. The van der Waals surface area contributed by atoms with Gasteiger partial charge >= 0.3 is 0 Å². The van der Waals surface area contributed by atoms with Gasteiger partial charge in [0.2, 0.25) is 0 Å². The van der Waals surface area contributed by atoms with Crippen molar-refractivity contribution in [3.8, 4) is 0 Å². The lowest BCUT2D eigenvalue weighted by atomic mass is 10.3. The van der Waals surface area contributed by atoms with E-state index in [-0.39, 0.29) is 0 Å². The SMILES string of the molecule is CC(C)[Si](C(C)C)(C(C)C)n1ccc2ncc(Br)cc21.CC(C)[Si](C(C)C)(C(C)C)n1ccc2ncc(Nc3ccc4cc[nH]c4n3)cc21.Nc1ccc2cc[nH]c2n1. The normalized spacial score (nSPS) is 12.5. The quantitative estimate of drug-likeness (QED) is 0.101. The van der Waals surface area contributed by atoms with Gasteiger partial charge in [-0.2, -0.15) is 0 Å². The molecule has 0 aliphatic carbocycles. The third-order valence-electron chi connectivity index (χ3n) is 12.5. The molecule has 0 spiro atoms. The molecule has 8 rings (SSSR count). The molecule has 0 bridgehead atoms. The molecule has 0 aromatic carbocycles. The minimum atomic E-state index is -1.83. The summed E-state index contributed by atoms with van der Waals surface area (Å²) in [6.45, 7) is 28.7. The van der Waals surface area contributed by atoms with E-state index in [0.717, 1.165) is 49.1 Å². The highest BCUT2D eigenvalue weighted by molar-refractivity contribution is 9.10. The van der Waals surface area contributed by atoms with Gasteiger partial charge in [-0.15, -0.1) is 0 Å². The second kappa shape index (κ2) is 17.9. The molecule has 8 aromatic rings. The number of nitrogens with zero attached hydrogens (tertiary/aromatic N) is 6. The van der Waals surface area contributed by atoms with Crippen molar-refractivity contribution in [3.63, 3.8) is 0 Å². The lowest BCUT2D eigenvalue weighted by Crippen LogP contribution is -2.51. The van der Waals surface area contributed by atoms with Gasteiger partial charge in [-0.3, -0.25) is 9.97 Å². The highest BCUT2D eigenvalue weighted by Gasteiger charge is 2.46. The molecule has 0 fully saturated rings. The monoisotopic (exact) mass is 890 g/mol. The number of H-pyrrole nitrogens is 2. The number of pyridine rings is 4. The zero-order chi connectivity index (χ0) is 42.8. The van der Waals surface area contributed by atoms with Crippen LogP contribution in [0.2, 0.25) is 33.2 Å². The number of nitrogen functional groups attached to an aromatic ring is 1. The fourth-order valence-corrected chi connectivity index (χ4v) is 24.0. The van der Waals surface area contributed by atoms with E-state index in [4.69, 9.17) is 10.7 Å². The Balaban J connectivity index is 0.000000167. The predicted molar refractivity (Wildman–Crippen MR) is 260 cm³/mol. The van der Waals surface area contributed by atoms with Crippen molar-refractivity contribution in [1.29, 1.82) is 0 Å². The van der Waals surface area contributed by atoms with Gasteiger partial charge in [0.25, 0.3) is 0 Å². The van der Waals surface area contributed by atoms with Gasteiger partial charge in [0.15, 0.2) is 16.5 Å². The number of hydrogen-bond acceptors (Lipinski definition) is 6. The molecule has 59 heavy (non-hydrogen) atoms. The molecule has 0 atom stereocenters. The summed E-state index contributed by atoms with van der Waals surface area (Å²) in [6.07, 6.45) is 12.1. The Hall–Kier alpha value is -4.73. The number of fused-ring (bicyclic) bond motifs is 4. The zero-order valence-electron chi connectivity index (χ0n) is 36.8. The van der Waals surface area contributed by atoms with Gasteiger partial charge in [0, 0.05) is 33.8 Å². The highest BCUT2D eigenvalue weighted by Crippen LogP contribution is 2.45. The van der Waals surface area contributed by atoms with Crippen molar-refractivity contribution in [2.24, 2.45) is 0 Å². The molecule has 0 aliphatic rings. The Bertz CT molecular complexity index is 2590. The maximum absolute atomic E-state index is 5.45. The summed E-state index contributed by atoms with van der Waals surface area (Å²) in [6, 6.07) is 20.6. The Kier molecular flexibility index (Phi) is 13.3. The largest absolute Gasteiger partial charge is 0.384 e. The van der Waals surface area contributed by atoms with Crippen LogP contribution < -0.4 is 11.1 Å². The summed E-state index contributed by atoms with van der Waals surface area (Å²) in [5.74, 6) is 1.37. The van der Waals surface area contributed by atoms with Crippen LogP contribution in [0.25, 0.3) is 44.1 Å². The van der Waals surface area contributed by atoms with Gasteiger partial charge < -0.3 is 29.5 Å². The molecule has 13 heteroatoms. The molecular weight excluding hydrogens is 829 g/mol. The molecule has 0 amide bonds. The fraction of sp³-hybridized carbons (Fsp3) is 0.391. The smallest absolute Gasteiger partial charge is 0.169 e. The van der Waals surface area contributed by atoms with Gasteiger partial charge in [0.1, 0.15) is 22.9 Å². The van der Waals surface area contributed by atoms with Crippen LogP contribution in [0.3, 0.4) is 0 Å². The lowest BCUT2D eigenvalue weighted by Gasteiger charge is -2.44. The minimum absolute atomic E-state index is 0.551. The molecule has 5 N–H and O–H groups in total. The maximum Gasteiger partial charge on any atom is 0.169 e. The third-order valence-corrected chi connectivity index (χ3v) is 26.5. The molecule has 0 saturated heterocycles. The van der Waals surface area contributed by atoms with Crippen molar-refractivity contribution in [2.75, 3.05) is 11.1 Å². The number of halogens is 1. The van der Waals surface area contributed by atoms with Crippen LogP contribution in [0.4, 0.5) is 17.3 Å². The first-order valence-electron chi connectivity index (χ1n) is 21.0. The van der Waals surface area contributed by atoms with E-state index in [1.54, 1.807) is 6.07 Å². The predicted octanol–water partition coefficient (Wildman–Crippen LogP) is 13.6. The van der Waals surface area contributed by atoms with Crippen LogP contribution in [0.5, 0.6) is 0 Å². The van der Waals surface area contributed by atoms with Crippen LogP contribution >= 0.6 is 15.9 Å². The highest BCUT2D eigenvalue weighted by atomic mass is 79.9. The summed E-state index contributed by atoms with van der Waals surface area (Å²) < 4.78 is 6.26. The van der Waals surface area contributed by atoms with Crippen LogP contribution in [0, 0.1) is 0 Å². The van der Waals surface area contributed by atoms with E-state index in [1.807, 2.05) is 49.1 Å². The molecule has 8 aromatic heterocycles. The van der Waals surface area contributed by atoms with Gasteiger partial charge in [-0.25, -0.2) is 9.97 Å². The van der Waals surface area contributed by atoms with E-state index >= 15 is 0 Å². The Morgan fingerprint density at radius 2 is 1.03 bits per heavy atom. The summed E-state index contributed by atoms with van der Waals surface area (Å²) in [4.78, 5) is 24.2. The average Bonchev–Trinajstić information content (AvgIpc) is 3.99. The molecule has 10 nitrogen and oxygen atoms in total. The topological polar surface area (TPSA) is 131 Å².